The van der Waals surface area contributed by atoms with E-state index in [-0.39, 0.29) is 5.91 Å². The first-order valence-electron chi connectivity index (χ1n) is 6.77. The van der Waals surface area contributed by atoms with Crippen LogP contribution in [0, 0.1) is 6.92 Å². The maximum Gasteiger partial charge on any atom is 0.253 e. The van der Waals surface area contributed by atoms with Crippen molar-refractivity contribution in [1.82, 2.24) is 10.3 Å². The van der Waals surface area contributed by atoms with E-state index >= 15 is 0 Å². The topological polar surface area (TPSA) is 42.0 Å². The molecule has 0 saturated heterocycles. The summed E-state index contributed by atoms with van der Waals surface area (Å²) in [7, 11) is 0. The lowest BCUT2D eigenvalue weighted by Gasteiger charge is -2.05. The molecule has 0 bridgehead atoms. The fourth-order valence-corrected chi connectivity index (χ4v) is 4.11. The van der Waals surface area contributed by atoms with E-state index in [1.807, 2.05) is 24.4 Å². The lowest BCUT2D eigenvalue weighted by atomic mass is 10.2. The number of hydrogen-bond acceptors (Lipinski definition) is 4. The Bertz CT molecular complexity index is 857. The molecule has 3 aromatic rings. The minimum absolute atomic E-state index is 0.217. The number of nitrogens with one attached hydrogen (secondary N) is 1. The van der Waals surface area contributed by atoms with Crippen LogP contribution in [0.25, 0.3) is 10.6 Å². The van der Waals surface area contributed by atoms with Crippen LogP contribution in [0.5, 0.6) is 0 Å². The maximum absolute atomic E-state index is 12.2. The van der Waals surface area contributed by atoms with E-state index in [9.17, 15) is 4.79 Å². The molecule has 23 heavy (non-hydrogen) atoms. The van der Waals surface area contributed by atoms with Crippen LogP contribution in [0.1, 0.15) is 20.2 Å². The number of aryl methyl sites for hydroxylation is 1. The van der Waals surface area contributed by atoms with E-state index in [0.717, 1.165) is 20.5 Å². The molecule has 0 fully saturated rings. The predicted octanol–water partition coefficient (Wildman–Crippen LogP) is 5.42. The van der Waals surface area contributed by atoms with Gasteiger partial charge in [-0.25, -0.2) is 4.98 Å². The van der Waals surface area contributed by atoms with Gasteiger partial charge >= 0.3 is 0 Å². The standard InChI is InChI=1S/C16H12Cl2N2OS2/c1-9-20-14(8-22-9)15-5-3-11(23-15)7-19-16(21)12-4-2-10(17)6-13(12)18/h2-6,8H,7H2,1H3,(H,19,21). The molecule has 3 nitrogen and oxygen atoms in total. The predicted molar refractivity (Wildman–Crippen MR) is 97.8 cm³/mol. The molecule has 2 heterocycles. The zero-order valence-electron chi connectivity index (χ0n) is 12.1. The highest BCUT2D eigenvalue weighted by atomic mass is 35.5. The summed E-state index contributed by atoms with van der Waals surface area (Å²) < 4.78 is 0. The Balaban J connectivity index is 1.66. The van der Waals surface area contributed by atoms with Gasteiger partial charge in [-0.3, -0.25) is 4.79 Å². The number of rotatable bonds is 4. The molecule has 0 aliphatic carbocycles. The van der Waals surface area contributed by atoms with Crippen LogP contribution in [0.2, 0.25) is 10.0 Å². The Morgan fingerprint density at radius 1 is 1.26 bits per heavy atom. The molecule has 1 N–H and O–H groups in total. The van der Waals surface area contributed by atoms with Crippen molar-refractivity contribution in [3.63, 3.8) is 0 Å². The number of aromatic nitrogens is 1. The number of carbonyl (C=O) groups excluding carboxylic acids is 1. The molecule has 3 rings (SSSR count). The number of amides is 1. The number of thiazole rings is 1. The van der Waals surface area contributed by atoms with Crippen LogP contribution in [0.4, 0.5) is 0 Å². The molecule has 118 valence electrons. The summed E-state index contributed by atoms with van der Waals surface area (Å²) in [4.78, 5) is 18.8. The Hall–Kier alpha value is -1.40. The van der Waals surface area contributed by atoms with Crippen LogP contribution in [0.3, 0.4) is 0 Å². The van der Waals surface area contributed by atoms with E-state index in [2.05, 4.69) is 10.3 Å². The van der Waals surface area contributed by atoms with Gasteiger partial charge in [0, 0.05) is 15.3 Å². The summed E-state index contributed by atoms with van der Waals surface area (Å²) in [6, 6.07) is 8.86. The van der Waals surface area contributed by atoms with Gasteiger partial charge in [0.25, 0.3) is 5.91 Å². The van der Waals surface area contributed by atoms with Crippen LogP contribution in [0.15, 0.2) is 35.7 Å². The summed E-state index contributed by atoms with van der Waals surface area (Å²) in [6.45, 7) is 2.43. The largest absolute Gasteiger partial charge is 0.347 e. The van der Waals surface area contributed by atoms with Crippen molar-refractivity contribution in [1.29, 1.82) is 0 Å². The van der Waals surface area contributed by atoms with Crippen molar-refractivity contribution in [2.24, 2.45) is 0 Å². The molecule has 0 aliphatic heterocycles. The molecular weight excluding hydrogens is 371 g/mol. The molecule has 2 aromatic heterocycles. The third-order valence-corrected chi connectivity index (χ3v) is 5.56. The highest BCUT2D eigenvalue weighted by Gasteiger charge is 2.11. The van der Waals surface area contributed by atoms with Crippen molar-refractivity contribution >= 4 is 51.8 Å². The number of halogens is 2. The molecule has 0 radical (unpaired) electrons. The molecule has 1 aromatic carbocycles. The third kappa shape index (κ3) is 3.93. The van der Waals surface area contributed by atoms with Crippen molar-refractivity contribution < 1.29 is 4.79 Å². The number of carbonyl (C=O) groups is 1. The molecule has 1 amide bonds. The van der Waals surface area contributed by atoms with Gasteiger partial charge in [-0.2, -0.15) is 0 Å². The average molecular weight is 383 g/mol. The third-order valence-electron chi connectivity index (χ3n) is 3.13. The zero-order valence-corrected chi connectivity index (χ0v) is 15.2. The SMILES string of the molecule is Cc1nc(-c2ccc(CNC(=O)c3ccc(Cl)cc3Cl)s2)cs1. The van der Waals surface area contributed by atoms with Crippen LogP contribution in [-0.4, -0.2) is 10.9 Å². The zero-order chi connectivity index (χ0) is 16.4. The van der Waals surface area contributed by atoms with Gasteiger partial charge in [0.2, 0.25) is 0 Å². The van der Waals surface area contributed by atoms with E-state index in [0.29, 0.717) is 22.2 Å². The summed E-state index contributed by atoms with van der Waals surface area (Å²) in [5.74, 6) is -0.217. The van der Waals surface area contributed by atoms with E-state index in [1.54, 1.807) is 40.9 Å². The Kier molecular flexibility index (Phi) is 5.02. The average Bonchev–Trinajstić information content (AvgIpc) is 3.13. The quantitative estimate of drug-likeness (QED) is 0.654. The van der Waals surface area contributed by atoms with Gasteiger partial charge in [-0.1, -0.05) is 23.2 Å². The summed E-state index contributed by atoms with van der Waals surface area (Å²) in [6.07, 6.45) is 0. The highest BCUT2D eigenvalue weighted by Crippen LogP contribution is 2.29. The minimum atomic E-state index is -0.217. The Labute approximate surface area is 151 Å². The van der Waals surface area contributed by atoms with E-state index < -0.39 is 0 Å². The van der Waals surface area contributed by atoms with Gasteiger partial charge in [-0.15, -0.1) is 22.7 Å². The summed E-state index contributed by atoms with van der Waals surface area (Å²) in [5, 5.41) is 6.81. The minimum Gasteiger partial charge on any atom is -0.347 e. The monoisotopic (exact) mass is 382 g/mol. The number of hydrogen-bond donors (Lipinski definition) is 1. The number of nitrogens with zero attached hydrogens (tertiary/aromatic N) is 1. The molecule has 0 saturated carbocycles. The normalized spacial score (nSPS) is 10.7. The Morgan fingerprint density at radius 3 is 2.78 bits per heavy atom. The van der Waals surface area contributed by atoms with Gasteiger partial charge in [-0.05, 0) is 37.3 Å². The lowest BCUT2D eigenvalue weighted by molar-refractivity contribution is 0.0951. The van der Waals surface area contributed by atoms with Gasteiger partial charge in [0.1, 0.15) is 0 Å². The van der Waals surface area contributed by atoms with Crippen molar-refractivity contribution in [3.05, 3.63) is 61.2 Å². The summed E-state index contributed by atoms with van der Waals surface area (Å²) >= 11 is 15.1. The first kappa shape index (κ1) is 16.5. The number of thiophene rings is 1. The second-order valence-electron chi connectivity index (χ2n) is 4.82. The maximum atomic E-state index is 12.2. The van der Waals surface area contributed by atoms with Crippen molar-refractivity contribution in [3.8, 4) is 10.6 Å². The fourth-order valence-electron chi connectivity index (χ4n) is 2.02. The Morgan fingerprint density at radius 2 is 2.09 bits per heavy atom. The van der Waals surface area contributed by atoms with Crippen LogP contribution >= 0.6 is 45.9 Å². The first-order chi connectivity index (χ1) is 11.0. The molecule has 7 heteroatoms. The van der Waals surface area contributed by atoms with E-state index in [4.69, 9.17) is 23.2 Å². The van der Waals surface area contributed by atoms with E-state index in [1.165, 1.54) is 0 Å². The smallest absolute Gasteiger partial charge is 0.253 e. The second-order valence-corrected chi connectivity index (χ2v) is 7.90. The molecular formula is C16H12Cl2N2OS2. The first-order valence-corrected chi connectivity index (χ1v) is 9.22. The molecule has 0 atom stereocenters. The fraction of sp³-hybridized carbons (Fsp3) is 0.125. The molecule has 0 aliphatic rings. The van der Waals surface area contributed by atoms with Crippen LogP contribution < -0.4 is 5.32 Å². The van der Waals surface area contributed by atoms with Gasteiger partial charge in [0.05, 0.1) is 32.7 Å². The van der Waals surface area contributed by atoms with Gasteiger partial charge in [0.15, 0.2) is 0 Å². The molecule has 0 unspecified atom stereocenters. The van der Waals surface area contributed by atoms with Crippen molar-refractivity contribution in [2.75, 3.05) is 0 Å². The van der Waals surface area contributed by atoms with Gasteiger partial charge < -0.3 is 5.32 Å². The number of benzene rings is 1. The lowest BCUT2D eigenvalue weighted by Crippen LogP contribution is -2.22. The van der Waals surface area contributed by atoms with Crippen molar-refractivity contribution in [2.45, 2.75) is 13.5 Å². The second kappa shape index (κ2) is 7.01. The summed E-state index contributed by atoms with van der Waals surface area (Å²) in [5.41, 5.74) is 1.40. The highest BCUT2D eigenvalue weighted by molar-refractivity contribution is 7.16. The van der Waals surface area contributed by atoms with Crippen LogP contribution in [-0.2, 0) is 6.54 Å². The molecule has 0 spiro atoms.